The molecule has 0 aromatic heterocycles. The van der Waals surface area contributed by atoms with Crippen LogP contribution in [0, 0.1) is 6.92 Å². The average Bonchev–Trinajstić information content (AvgIpc) is 2.69. The lowest BCUT2D eigenvalue weighted by molar-refractivity contribution is 0.0595. The predicted octanol–water partition coefficient (Wildman–Crippen LogP) is 2.58. The molecule has 0 aliphatic heterocycles. The third kappa shape index (κ3) is 2.54. The zero-order valence-electron chi connectivity index (χ0n) is 15.6. The first-order valence-corrected chi connectivity index (χ1v) is 8.05. The lowest BCUT2D eigenvalue weighted by atomic mass is 9.80. The minimum absolute atomic E-state index is 0.00530. The highest BCUT2D eigenvalue weighted by molar-refractivity contribution is 6.31. The van der Waals surface area contributed by atoms with Crippen molar-refractivity contribution in [3.63, 3.8) is 0 Å². The number of carbonyl (C=O) groups excluding carboxylic acids is 3. The summed E-state index contributed by atoms with van der Waals surface area (Å²) in [6, 6.07) is 4.61. The summed E-state index contributed by atoms with van der Waals surface area (Å²) >= 11 is 0. The van der Waals surface area contributed by atoms with E-state index in [1.54, 1.807) is 19.1 Å². The van der Waals surface area contributed by atoms with Crippen molar-refractivity contribution in [3.8, 4) is 17.2 Å². The molecular weight excluding hydrogens is 352 g/mol. The largest absolute Gasteiger partial charge is 0.496 e. The van der Waals surface area contributed by atoms with Crippen LogP contribution >= 0.6 is 0 Å². The zero-order valence-corrected chi connectivity index (χ0v) is 15.6. The van der Waals surface area contributed by atoms with Crippen LogP contribution in [-0.2, 0) is 4.74 Å². The number of aryl methyl sites for hydroxylation is 1. The van der Waals surface area contributed by atoms with E-state index < -0.39 is 17.5 Å². The summed E-state index contributed by atoms with van der Waals surface area (Å²) in [5, 5.41) is 0. The minimum atomic E-state index is -0.657. The maximum atomic E-state index is 13.3. The molecule has 0 spiro atoms. The number of esters is 1. The highest BCUT2D eigenvalue weighted by atomic mass is 16.5. The van der Waals surface area contributed by atoms with Crippen molar-refractivity contribution in [2.45, 2.75) is 6.92 Å². The van der Waals surface area contributed by atoms with Crippen LogP contribution < -0.4 is 14.2 Å². The van der Waals surface area contributed by atoms with Gasteiger partial charge in [0.1, 0.15) is 22.8 Å². The van der Waals surface area contributed by atoms with E-state index in [2.05, 4.69) is 0 Å². The normalized spacial score (nSPS) is 12.2. The topological polar surface area (TPSA) is 88.1 Å². The fraction of sp³-hybridized carbons (Fsp3) is 0.250. The van der Waals surface area contributed by atoms with Gasteiger partial charge in [0.05, 0.1) is 45.1 Å². The van der Waals surface area contributed by atoms with E-state index >= 15 is 0 Å². The van der Waals surface area contributed by atoms with Crippen LogP contribution in [0.3, 0.4) is 0 Å². The third-order valence-electron chi connectivity index (χ3n) is 4.57. The van der Waals surface area contributed by atoms with E-state index in [0.29, 0.717) is 5.56 Å². The molecule has 0 amide bonds. The lowest BCUT2D eigenvalue weighted by Crippen LogP contribution is -2.25. The highest BCUT2D eigenvalue weighted by Crippen LogP contribution is 2.43. The Morgan fingerprint density at radius 2 is 1.37 bits per heavy atom. The van der Waals surface area contributed by atoms with Crippen LogP contribution in [-0.4, -0.2) is 46.0 Å². The Kier molecular flexibility index (Phi) is 4.61. The molecule has 2 aromatic carbocycles. The van der Waals surface area contributed by atoms with Gasteiger partial charge < -0.3 is 18.9 Å². The molecule has 7 heteroatoms. The van der Waals surface area contributed by atoms with E-state index in [4.69, 9.17) is 18.9 Å². The molecule has 7 nitrogen and oxygen atoms in total. The maximum absolute atomic E-state index is 13.3. The Balaban J connectivity index is 2.42. The number of hydrogen-bond acceptors (Lipinski definition) is 7. The lowest BCUT2D eigenvalue weighted by Gasteiger charge is -2.24. The number of ketones is 2. The minimum Gasteiger partial charge on any atom is -0.496 e. The van der Waals surface area contributed by atoms with Gasteiger partial charge in [0.25, 0.3) is 0 Å². The maximum Gasteiger partial charge on any atom is 0.341 e. The fourth-order valence-electron chi connectivity index (χ4n) is 3.37. The molecule has 0 heterocycles. The van der Waals surface area contributed by atoms with Gasteiger partial charge in [-0.2, -0.15) is 0 Å². The van der Waals surface area contributed by atoms with Gasteiger partial charge in [-0.25, -0.2) is 4.79 Å². The summed E-state index contributed by atoms with van der Waals surface area (Å²) in [4.78, 5) is 38.8. The summed E-state index contributed by atoms with van der Waals surface area (Å²) in [5.41, 5.74) is 0.914. The van der Waals surface area contributed by atoms with Crippen molar-refractivity contribution in [3.05, 3.63) is 51.6 Å². The average molecular weight is 370 g/mol. The Labute approximate surface area is 155 Å². The van der Waals surface area contributed by atoms with Gasteiger partial charge in [-0.3, -0.25) is 9.59 Å². The van der Waals surface area contributed by atoms with Crippen LogP contribution in [0.2, 0.25) is 0 Å². The van der Waals surface area contributed by atoms with Crippen LogP contribution in [0.4, 0.5) is 0 Å². The van der Waals surface area contributed by atoms with E-state index in [1.165, 1.54) is 34.5 Å². The van der Waals surface area contributed by atoms with Gasteiger partial charge in [0.15, 0.2) is 5.78 Å². The van der Waals surface area contributed by atoms with Crippen LogP contribution in [0.25, 0.3) is 0 Å². The summed E-state index contributed by atoms with van der Waals surface area (Å²) in [7, 11) is 5.39. The van der Waals surface area contributed by atoms with Gasteiger partial charge in [0, 0.05) is 5.56 Å². The number of fused-ring (bicyclic) bond motifs is 2. The molecule has 0 unspecified atom stereocenters. The first kappa shape index (κ1) is 18.4. The van der Waals surface area contributed by atoms with Crippen molar-refractivity contribution in [1.29, 1.82) is 0 Å². The van der Waals surface area contributed by atoms with Gasteiger partial charge in [-0.05, 0) is 30.7 Å². The van der Waals surface area contributed by atoms with Crippen molar-refractivity contribution in [2.75, 3.05) is 28.4 Å². The molecule has 1 aliphatic carbocycles. The predicted molar refractivity (Wildman–Crippen MR) is 95.5 cm³/mol. The number of carbonyl (C=O) groups is 3. The Morgan fingerprint density at radius 3 is 1.85 bits per heavy atom. The fourth-order valence-corrected chi connectivity index (χ4v) is 3.37. The summed E-state index contributed by atoms with van der Waals surface area (Å²) in [5.74, 6) is -1.05. The SMILES string of the molecule is COC(=O)c1c(C)cc2c(c1OC)C(=O)c1c(OC)ccc(OC)c1C2=O. The smallest absolute Gasteiger partial charge is 0.341 e. The Hall–Kier alpha value is -3.35. The van der Waals surface area contributed by atoms with Crippen LogP contribution in [0.1, 0.15) is 47.8 Å². The summed E-state index contributed by atoms with van der Waals surface area (Å²) in [6.07, 6.45) is 0. The molecule has 27 heavy (non-hydrogen) atoms. The van der Waals surface area contributed by atoms with Gasteiger partial charge in [-0.1, -0.05) is 0 Å². The summed E-state index contributed by atoms with van der Waals surface area (Å²) < 4.78 is 20.7. The standard InChI is InChI=1S/C20H18O7/c1-9-8-10-14(19(26-4)13(9)20(23)27-5)18(22)16-12(25-3)7-6-11(24-2)15(16)17(10)21/h6-8H,1-5H3. The molecule has 0 fully saturated rings. The van der Waals surface area contributed by atoms with E-state index in [1.807, 2.05) is 0 Å². The first-order chi connectivity index (χ1) is 12.9. The number of ether oxygens (including phenoxy) is 4. The van der Waals surface area contributed by atoms with Crippen molar-refractivity contribution >= 4 is 17.5 Å². The molecule has 3 rings (SSSR count). The number of hydrogen-bond donors (Lipinski definition) is 0. The second-order valence-corrected chi connectivity index (χ2v) is 5.89. The number of rotatable bonds is 4. The van der Waals surface area contributed by atoms with Gasteiger partial charge in [0.2, 0.25) is 5.78 Å². The van der Waals surface area contributed by atoms with Crippen molar-refractivity contribution in [1.82, 2.24) is 0 Å². The molecule has 0 bridgehead atoms. The molecule has 1 aliphatic rings. The van der Waals surface area contributed by atoms with Gasteiger partial charge in [-0.15, -0.1) is 0 Å². The molecule has 0 atom stereocenters. The third-order valence-corrected chi connectivity index (χ3v) is 4.57. The van der Waals surface area contributed by atoms with Crippen molar-refractivity contribution < 1.29 is 33.3 Å². The molecule has 2 aromatic rings. The Morgan fingerprint density at radius 1 is 0.815 bits per heavy atom. The number of methoxy groups -OCH3 is 4. The molecule has 0 saturated heterocycles. The van der Waals surface area contributed by atoms with Crippen LogP contribution in [0.15, 0.2) is 18.2 Å². The molecule has 0 N–H and O–H groups in total. The van der Waals surface area contributed by atoms with Crippen LogP contribution in [0.5, 0.6) is 17.2 Å². The monoisotopic (exact) mass is 370 g/mol. The first-order valence-electron chi connectivity index (χ1n) is 8.05. The zero-order chi connectivity index (χ0) is 19.9. The number of benzene rings is 2. The highest BCUT2D eigenvalue weighted by Gasteiger charge is 2.39. The van der Waals surface area contributed by atoms with E-state index in [0.717, 1.165) is 0 Å². The quantitative estimate of drug-likeness (QED) is 0.652. The Bertz CT molecular complexity index is 989. The molecule has 140 valence electrons. The van der Waals surface area contributed by atoms with Gasteiger partial charge >= 0.3 is 5.97 Å². The molecular formula is C20H18O7. The second-order valence-electron chi connectivity index (χ2n) is 5.89. The van der Waals surface area contributed by atoms with E-state index in [-0.39, 0.29) is 45.1 Å². The second kappa shape index (κ2) is 6.75. The van der Waals surface area contributed by atoms with E-state index in [9.17, 15) is 14.4 Å². The molecule has 0 radical (unpaired) electrons. The molecule has 0 saturated carbocycles. The van der Waals surface area contributed by atoms with Crippen molar-refractivity contribution in [2.24, 2.45) is 0 Å². The summed E-state index contributed by atoms with van der Waals surface area (Å²) in [6.45, 7) is 1.64.